The van der Waals surface area contributed by atoms with E-state index in [9.17, 15) is 9.59 Å². The van der Waals surface area contributed by atoms with Crippen LogP contribution < -0.4 is 15.2 Å². The number of anilines is 1. The lowest BCUT2D eigenvalue weighted by Crippen LogP contribution is -2.35. The summed E-state index contributed by atoms with van der Waals surface area (Å²) in [6.07, 6.45) is 2.79. The molecule has 0 aliphatic carbocycles. The Labute approximate surface area is 191 Å². The Hall–Kier alpha value is -3.38. The average Bonchev–Trinajstić information content (AvgIpc) is 3.07. The second-order valence-electron chi connectivity index (χ2n) is 7.76. The molecular weight excluding hydrogens is 426 g/mol. The van der Waals surface area contributed by atoms with Crippen LogP contribution in [0.25, 0.3) is 21.9 Å². The molecule has 0 saturated heterocycles. The second-order valence-corrected chi connectivity index (χ2v) is 8.20. The van der Waals surface area contributed by atoms with Crippen molar-refractivity contribution in [3.05, 3.63) is 71.6 Å². The molecule has 0 fully saturated rings. The van der Waals surface area contributed by atoms with Crippen LogP contribution in [-0.4, -0.2) is 11.9 Å². The maximum Gasteiger partial charge on any atom is 0.344 e. The zero-order chi connectivity index (χ0) is 22.5. The van der Waals surface area contributed by atoms with Crippen LogP contribution in [0.3, 0.4) is 0 Å². The van der Waals surface area contributed by atoms with Gasteiger partial charge in [0.05, 0.1) is 6.92 Å². The fourth-order valence-corrected chi connectivity index (χ4v) is 3.90. The molecule has 4 aromatic rings. The highest BCUT2D eigenvalue weighted by Crippen LogP contribution is 2.22. The second kappa shape index (κ2) is 9.83. The van der Waals surface area contributed by atoms with E-state index in [-0.39, 0.29) is 5.91 Å². The molecule has 0 aliphatic heterocycles. The van der Waals surface area contributed by atoms with Crippen LogP contribution >= 0.6 is 11.6 Å². The van der Waals surface area contributed by atoms with Gasteiger partial charge in [-0.1, -0.05) is 35.9 Å². The molecule has 1 aromatic heterocycles. The molecule has 6 nitrogen and oxygen atoms in total. The molecule has 32 heavy (non-hydrogen) atoms. The molecular formula is C25H25ClN3O3+. The van der Waals surface area contributed by atoms with Crippen LogP contribution in [0.5, 0.6) is 0 Å². The fraction of sp³-hybridized carbons (Fsp3) is 0.240. The molecule has 3 aromatic carbocycles. The molecule has 0 unspecified atom stereocenters. The van der Waals surface area contributed by atoms with E-state index < -0.39 is 6.03 Å². The summed E-state index contributed by atoms with van der Waals surface area (Å²) >= 11 is 5.82. The third kappa shape index (κ3) is 5.26. The van der Waals surface area contributed by atoms with Gasteiger partial charge < -0.3 is 9.73 Å². The number of amides is 3. The summed E-state index contributed by atoms with van der Waals surface area (Å²) in [5, 5.41) is 7.89. The minimum Gasteiger partial charge on any atom is -0.402 e. The Morgan fingerprint density at radius 2 is 1.69 bits per heavy atom. The lowest BCUT2D eigenvalue weighted by Gasteiger charge is -2.06. The highest BCUT2D eigenvalue weighted by Gasteiger charge is 2.19. The van der Waals surface area contributed by atoms with Crippen LogP contribution in [-0.2, 0) is 11.3 Å². The minimum absolute atomic E-state index is 0.291. The summed E-state index contributed by atoms with van der Waals surface area (Å²) in [5.41, 5.74) is 2.54. The minimum atomic E-state index is -0.541. The number of hydrogen-bond donors (Lipinski definition) is 2. The van der Waals surface area contributed by atoms with Gasteiger partial charge in [0.25, 0.3) is 5.52 Å². The maximum atomic E-state index is 12.0. The van der Waals surface area contributed by atoms with Crippen molar-refractivity contribution >= 4 is 51.1 Å². The van der Waals surface area contributed by atoms with Crippen LogP contribution in [0.15, 0.2) is 65.1 Å². The monoisotopic (exact) mass is 450 g/mol. The molecule has 0 bridgehead atoms. The SMILES string of the molecule is Cc1oc2cc3ccccc3cc2[n+]1CCCCCC(=O)NC(=O)Nc1ccc(Cl)cc1. The zero-order valence-corrected chi connectivity index (χ0v) is 18.6. The number of unbranched alkanes of at least 4 members (excludes halogenated alkanes) is 2. The van der Waals surface area contributed by atoms with Gasteiger partial charge in [0.2, 0.25) is 11.5 Å². The highest BCUT2D eigenvalue weighted by atomic mass is 35.5. The van der Waals surface area contributed by atoms with Crippen molar-refractivity contribution in [2.75, 3.05) is 5.32 Å². The molecule has 1 heterocycles. The summed E-state index contributed by atoms with van der Waals surface area (Å²) in [6.45, 7) is 2.78. The van der Waals surface area contributed by atoms with Crippen LogP contribution in [0.4, 0.5) is 10.5 Å². The van der Waals surface area contributed by atoms with Crippen molar-refractivity contribution in [3.63, 3.8) is 0 Å². The lowest BCUT2D eigenvalue weighted by atomic mass is 10.1. The summed E-state index contributed by atoms with van der Waals surface area (Å²) < 4.78 is 8.13. The first-order valence-electron chi connectivity index (χ1n) is 10.7. The van der Waals surface area contributed by atoms with Gasteiger partial charge in [0, 0.05) is 29.6 Å². The van der Waals surface area contributed by atoms with Crippen molar-refractivity contribution in [3.8, 4) is 0 Å². The number of nitrogens with one attached hydrogen (secondary N) is 2. The number of nitrogens with zero attached hydrogens (tertiary/aromatic N) is 1. The molecule has 164 valence electrons. The smallest absolute Gasteiger partial charge is 0.344 e. The number of fused-ring (bicyclic) bond motifs is 2. The lowest BCUT2D eigenvalue weighted by molar-refractivity contribution is -0.683. The van der Waals surface area contributed by atoms with E-state index in [1.807, 2.05) is 19.1 Å². The Kier molecular flexibility index (Phi) is 6.71. The largest absolute Gasteiger partial charge is 0.402 e. The van der Waals surface area contributed by atoms with Crippen molar-refractivity contribution in [1.82, 2.24) is 5.32 Å². The quantitative estimate of drug-likeness (QED) is 0.278. The number of imide groups is 1. The molecule has 0 spiro atoms. The normalized spacial score (nSPS) is 11.1. The van der Waals surface area contributed by atoms with Crippen molar-refractivity contribution in [2.24, 2.45) is 0 Å². The van der Waals surface area contributed by atoms with Crippen molar-refractivity contribution in [1.29, 1.82) is 0 Å². The summed E-state index contributed by atoms with van der Waals surface area (Å²) in [6, 6.07) is 18.6. The number of hydrogen-bond acceptors (Lipinski definition) is 3. The van der Waals surface area contributed by atoms with E-state index in [1.165, 1.54) is 5.39 Å². The van der Waals surface area contributed by atoms with Crippen LogP contribution in [0.2, 0.25) is 5.02 Å². The topological polar surface area (TPSA) is 75.2 Å². The Balaban J connectivity index is 1.24. The Morgan fingerprint density at radius 1 is 0.969 bits per heavy atom. The summed E-state index contributed by atoms with van der Waals surface area (Å²) in [7, 11) is 0. The maximum absolute atomic E-state index is 12.0. The molecule has 0 aliphatic rings. The number of carbonyl (C=O) groups is 2. The number of carbonyl (C=O) groups excluding carboxylic acids is 2. The Bertz CT molecular complexity index is 1260. The average molecular weight is 451 g/mol. The molecule has 0 saturated carbocycles. The van der Waals surface area contributed by atoms with E-state index in [4.69, 9.17) is 16.0 Å². The number of urea groups is 1. The first-order valence-corrected chi connectivity index (χ1v) is 11.1. The zero-order valence-electron chi connectivity index (χ0n) is 17.9. The van der Waals surface area contributed by atoms with Gasteiger partial charge in [-0.2, -0.15) is 4.57 Å². The number of aryl methyl sites for hydroxylation is 2. The van der Waals surface area contributed by atoms with Gasteiger partial charge in [-0.15, -0.1) is 0 Å². The summed E-state index contributed by atoms with van der Waals surface area (Å²) in [5.74, 6) is 0.576. The van der Waals surface area contributed by atoms with Gasteiger partial charge in [-0.05, 0) is 53.9 Å². The van der Waals surface area contributed by atoms with Gasteiger partial charge in [0.15, 0.2) is 6.54 Å². The third-order valence-corrected chi connectivity index (χ3v) is 5.65. The van der Waals surface area contributed by atoms with E-state index in [0.29, 0.717) is 23.6 Å². The first-order chi connectivity index (χ1) is 15.5. The van der Waals surface area contributed by atoms with Gasteiger partial charge in [-0.25, -0.2) is 4.79 Å². The van der Waals surface area contributed by atoms with Crippen LogP contribution in [0.1, 0.15) is 31.6 Å². The van der Waals surface area contributed by atoms with E-state index >= 15 is 0 Å². The van der Waals surface area contributed by atoms with Crippen LogP contribution in [0, 0.1) is 6.92 Å². The molecule has 4 rings (SSSR count). The van der Waals surface area contributed by atoms with E-state index in [2.05, 4.69) is 39.5 Å². The van der Waals surface area contributed by atoms with Crippen molar-refractivity contribution < 1.29 is 18.6 Å². The number of aromatic nitrogens is 1. The van der Waals surface area contributed by atoms with Gasteiger partial charge in [-0.3, -0.25) is 10.1 Å². The first kappa shape index (κ1) is 21.8. The number of rotatable bonds is 7. The molecule has 0 radical (unpaired) electrons. The predicted octanol–water partition coefficient (Wildman–Crippen LogP) is 5.74. The Morgan fingerprint density at radius 3 is 2.44 bits per heavy atom. The predicted molar refractivity (Wildman–Crippen MR) is 126 cm³/mol. The van der Waals surface area contributed by atoms with E-state index in [0.717, 1.165) is 41.8 Å². The van der Waals surface area contributed by atoms with E-state index in [1.54, 1.807) is 24.3 Å². The third-order valence-electron chi connectivity index (χ3n) is 5.40. The molecule has 2 N–H and O–H groups in total. The fourth-order valence-electron chi connectivity index (χ4n) is 3.78. The number of oxazole rings is 1. The molecule has 0 atom stereocenters. The molecule has 3 amide bonds. The molecule has 7 heteroatoms. The summed E-state index contributed by atoms with van der Waals surface area (Å²) in [4.78, 5) is 23.9. The van der Waals surface area contributed by atoms with Gasteiger partial charge in [0.1, 0.15) is 0 Å². The standard InChI is InChI=1S/C25H24ClN3O3/c1-17-29(22-15-18-7-4-5-8-19(18)16-23(22)32-17)14-6-2-3-9-24(30)28-25(31)27-21-12-10-20(26)11-13-21/h4-5,7-8,10-13,15-16H,2-3,6,9,14H2,1H3,(H-,27,28,30,31)/p+1. The number of halogens is 1. The highest BCUT2D eigenvalue weighted by molar-refractivity contribution is 6.30. The number of benzene rings is 3. The van der Waals surface area contributed by atoms with Gasteiger partial charge >= 0.3 is 11.9 Å². The van der Waals surface area contributed by atoms with Crippen molar-refractivity contribution in [2.45, 2.75) is 39.2 Å².